The Balaban J connectivity index is 1.48. The summed E-state index contributed by atoms with van der Waals surface area (Å²) >= 11 is 1.35. The van der Waals surface area contributed by atoms with E-state index >= 15 is 0 Å². The van der Waals surface area contributed by atoms with Gasteiger partial charge in [-0.3, -0.25) is 14.5 Å². The Morgan fingerprint density at radius 1 is 1.15 bits per heavy atom. The highest BCUT2D eigenvalue weighted by Crippen LogP contribution is 2.45. The second kappa shape index (κ2) is 10.7. The van der Waals surface area contributed by atoms with E-state index in [1.54, 1.807) is 12.1 Å². The summed E-state index contributed by atoms with van der Waals surface area (Å²) < 4.78 is 12.8. The summed E-state index contributed by atoms with van der Waals surface area (Å²) in [5, 5.41) is 12.0. The van der Waals surface area contributed by atoms with Gasteiger partial charge in [-0.05, 0) is 85.3 Å². The lowest BCUT2D eigenvalue weighted by molar-refractivity contribution is -0.132. The van der Waals surface area contributed by atoms with Crippen LogP contribution in [0.2, 0.25) is 0 Å². The van der Waals surface area contributed by atoms with E-state index in [2.05, 4.69) is 13.8 Å². The Morgan fingerprint density at radius 3 is 2.78 bits per heavy atom. The van der Waals surface area contributed by atoms with Crippen LogP contribution in [-0.4, -0.2) is 34.5 Å². The number of Topliss-reactive ketones (excluding diaryl/α,β-unsaturated/α-hetero) is 1. The standard InChI is InChI=1S/C33H32N2O5S/c1-18(2)12-13-39-24-7-5-6-21(17-24)29-28(30(36)22-9-11-26-23(16-22)15-20(4)40-26)31(37)32(38)35(29)33-34-25-10-8-19(3)14-27(25)41-33/h5-11,14,16-18,20,29,36H,12-13,15H2,1-4H3/t20-,29-/m0/s1. The number of aliphatic hydroxyl groups excluding tert-OH is 1. The average molecular weight is 569 g/mol. The van der Waals surface area contributed by atoms with E-state index in [4.69, 9.17) is 14.5 Å². The predicted octanol–water partition coefficient (Wildman–Crippen LogP) is 6.98. The second-order valence-electron chi connectivity index (χ2n) is 11.2. The van der Waals surface area contributed by atoms with Crippen LogP contribution in [0.15, 0.2) is 66.2 Å². The summed E-state index contributed by atoms with van der Waals surface area (Å²) in [4.78, 5) is 33.5. The fourth-order valence-corrected chi connectivity index (χ4v) is 6.47. The third kappa shape index (κ3) is 5.08. The van der Waals surface area contributed by atoms with Crippen LogP contribution in [0.25, 0.3) is 16.0 Å². The minimum absolute atomic E-state index is 0.0247. The molecule has 1 aromatic heterocycles. The minimum atomic E-state index is -0.881. The van der Waals surface area contributed by atoms with Crippen LogP contribution in [0.1, 0.15) is 55.5 Å². The van der Waals surface area contributed by atoms with Crippen LogP contribution < -0.4 is 14.4 Å². The molecular formula is C33H32N2O5S. The first kappa shape index (κ1) is 27.0. The molecule has 1 fully saturated rings. The highest BCUT2D eigenvalue weighted by atomic mass is 32.1. The zero-order valence-corrected chi connectivity index (χ0v) is 24.3. The Bertz CT molecular complexity index is 1710. The molecule has 3 aromatic carbocycles. The number of rotatable bonds is 7. The van der Waals surface area contributed by atoms with E-state index in [9.17, 15) is 14.7 Å². The molecule has 210 valence electrons. The molecular weight excluding hydrogens is 536 g/mol. The normalized spacial score (nSPS) is 19.7. The van der Waals surface area contributed by atoms with Crippen LogP contribution in [0.4, 0.5) is 5.13 Å². The van der Waals surface area contributed by atoms with E-state index < -0.39 is 17.7 Å². The molecule has 0 bridgehead atoms. The van der Waals surface area contributed by atoms with Gasteiger partial charge in [0.2, 0.25) is 0 Å². The molecule has 4 aromatic rings. The van der Waals surface area contributed by atoms with Gasteiger partial charge in [0.05, 0.1) is 28.4 Å². The number of hydrogen-bond donors (Lipinski definition) is 1. The monoisotopic (exact) mass is 568 g/mol. The van der Waals surface area contributed by atoms with Crippen LogP contribution >= 0.6 is 11.3 Å². The van der Waals surface area contributed by atoms with E-state index in [-0.39, 0.29) is 17.4 Å². The lowest BCUT2D eigenvalue weighted by Gasteiger charge is -2.23. The third-order valence-electron chi connectivity index (χ3n) is 7.49. The van der Waals surface area contributed by atoms with E-state index in [1.807, 2.05) is 62.4 Å². The molecule has 2 atom stereocenters. The maximum atomic E-state index is 13.7. The largest absolute Gasteiger partial charge is 0.507 e. The van der Waals surface area contributed by atoms with Gasteiger partial charge in [0.1, 0.15) is 23.4 Å². The van der Waals surface area contributed by atoms with Crippen LogP contribution in [-0.2, 0) is 16.0 Å². The minimum Gasteiger partial charge on any atom is -0.507 e. The van der Waals surface area contributed by atoms with Crippen molar-refractivity contribution < 1.29 is 24.2 Å². The summed E-state index contributed by atoms with van der Waals surface area (Å²) in [6, 6.07) is 17.8. The van der Waals surface area contributed by atoms with Crippen molar-refractivity contribution in [3.8, 4) is 11.5 Å². The lowest BCUT2D eigenvalue weighted by atomic mass is 9.94. The zero-order chi connectivity index (χ0) is 28.8. The molecule has 2 aliphatic rings. The van der Waals surface area contributed by atoms with Gasteiger partial charge in [0.15, 0.2) is 5.13 Å². The highest BCUT2D eigenvalue weighted by molar-refractivity contribution is 7.22. The molecule has 6 rings (SSSR count). The topological polar surface area (TPSA) is 89.0 Å². The van der Waals surface area contributed by atoms with Crippen molar-refractivity contribution in [1.29, 1.82) is 0 Å². The average Bonchev–Trinajstić information content (AvgIpc) is 3.60. The van der Waals surface area contributed by atoms with Gasteiger partial charge in [0, 0.05) is 12.0 Å². The summed E-state index contributed by atoms with van der Waals surface area (Å²) in [6.45, 7) is 8.81. The number of fused-ring (bicyclic) bond motifs is 2. The number of anilines is 1. The molecule has 0 spiro atoms. The number of ether oxygens (including phenoxy) is 2. The fourth-order valence-electron chi connectivity index (χ4n) is 5.38. The van der Waals surface area contributed by atoms with Crippen molar-refractivity contribution in [3.05, 3.63) is 88.5 Å². The zero-order valence-electron chi connectivity index (χ0n) is 23.5. The van der Waals surface area contributed by atoms with E-state index in [1.165, 1.54) is 16.2 Å². The molecule has 41 heavy (non-hydrogen) atoms. The van der Waals surface area contributed by atoms with Crippen molar-refractivity contribution in [2.45, 2.75) is 52.7 Å². The first-order chi connectivity index (χ1) is 19.7. The lowest BCUT2D eigenvalue weighted by Crippen LogP contribution is -2.29. The number of carbonyl (C=O) groups excluding carboxylic acids is 2. The third-order valence-corrected chi connectivity index (χ3v) is 8.51. The van der Waals surface area contributed by atoms with Gasteiger partial charge >= 0.3 is 5.91 Å². The van der Waals surface area contributed by atoms with Crippen molar-refractivity contribution in [2.24, 2.45) is 5.92 Å². The Labute approximate surface area is 243 Å². The van der Waals surface area contributed by atoms with Gasteiger partial charge in [0.25, 0.3) is 5.78 Å². The number of carbonyl (C=O) groups is 2. The van der Waals surface area contributed by atoms with Crippen LogP contribution in [0.3, 0.4) is 0 Å². The molecule has 8 heteroatoms. The molecule has 0 aliphatic carbocycles. The second-order valence-corrected chi connectivity index (χ2v) is 12.2. The Morgan fingerprint density at radius 2 is 1.98 bits per heavy atom. The predicted molar refractivity (Wildman–Crippen MR) is 161 cm³/mol. The molecule has 7 nitrogen and oxygen atoms in total. The maximum absolute atomic E-state index is 13.7. The summed E-state index contributed by atoms with van der Waals surface area (Å²) in [5.74, 6) is 0.199. The maximum Gasteiger partial charge on any atom is 0.301 e. The van der Waals surface area contributed by atoms with Gasteiger partial charge < -0.3 is 14.6 Å². The Kier molecular flexibility index (Phi) is 7.03. The number of ketones is 1. The van der Waals surface area contributed by atoms with Gasteiger partial charge in [-0.2, -0.15) is 0 Å². The van der Waals surface area contributed by atoms with Crippen LogP contribution in [0, 0.1) is 12.8 Å². The first-order valence-electron chi connectivity index (χ1n) is 13.9. The van der Waals surface area contributed by atoms with E-state index in [0.717, 1.165) is 33.5 Å². The van der Waals surface area contributed by atoms with Crippen molar-refractivity contribution >= 4 is 44.1 Å². The fraction of sp³-hybridized carbons (Fsp3) is 0.303. The number of aryl methyl sites for hydroxylation is 1. The number of aliphatic hydroxyl groups is 1. The SMILES string of the molecule is Cc1ccc2nc(N3C(=O)C(=O)C(=C(O)c4ccc5c(c4)C[C@H](C)O5)[C@@H]3c3cccc(OCCC(C)C)c3)sc2c1. The van der Waals surface area contributed by atoms with Gasteiger partial charge in [-0.1, -0.05) is 43.4 Å². The quantitative estimate of drug-likeness (QED) is 0.147. The number of hydrogen-bond acceptors (Lipinski definition) is 7. The van der Waals surface area contributed by atoms with Crippen molar-refractivity contribution in [3.63, 3.8) is 0 Å². The number of benzene rings is 3. The summed E-state index contributed by atoms with van der Waals surface area (Å²) in [6.07, 6.45) is 1.64. The Hall–Kier alpha value is -4.17. The van der Waals surface area contributed by atoms with Crippen LogP contribution in [0.5, 0.6) is 11.5 Å². The molecule has 0 unspecified atom stereocenters. The molecule has 1 saturated heterocycles. The molecule has 1 amide bonds. The van der Waals surface area contributed by atoms with Crippen molar-refractivity contribution in [1.82, 2.24) is 4.98 Å². The van der Waals surface area contributed by atoms with Gasteiger partial charge in [-0.25, -0.2) is 4.98 Å². The van der Waals surface area contributed by atoms with Crippen molar-refractivity contribution in [2.75, 3.05) is 11.5 Å². The number of nitrogens with zero attached hydrogens (tertiary/aromatic N) is 2. The molecule has 3 heterocycles. The van der Waals surface area contributed by atoms with Gasteiger partial charge in [-0.15, -0.1) is 0 Å². The summed E-state index contributed by atoms with van der Waals surface area (Å²) in [7, 11) is 0. The summed E-state index contributed by atoms with van der Waals surface area (Å²) in [5.41, 5.74) is 3.92. The smallest absolute Gasteiger partial charge is 0.301 e. The molecule has 0 saturated carbocycles. The molecule has 2 aliphatic heterocycles. The number of aromatic nitrogens is 1. The van der Waals surface area contributed by atoms with E-state index in [0.29, 0.717) is 41.0 Å². The number of amides is 1. The number of thiazole rings is 1. The first-order valence-corrected chi connectivity index (χ1v) is 14.7. The highest BCUT2D eigenvalue weighted by Gasteiger charge is 2.48. The molecule has 1 N–H and O–H groups in total. The molecule has 0 radical (unpaired) electrons.